The van der Waals surface area contributed by atoms with Crippen molar-refractivity contribution in [1.82, 2.24) is 4.90 Å². The molecule has 1 rings (SSSR count). The third kappa shape index (κ3) is 3.33. The summed E-state index contributed by atoms with van der Waals surface area (Å²) < 4.78 is 0. The van der Waals surface area contributed by atoms with Gasteiger partial charge in [-0.25, -0.2) is 0 Å². The molecule has 90 valence electrons. The maximum absolute atomic E-state index is 12.1. The number of carbonyl (C=O) groups is 1. The van der Waals surface area contributed by atoms with Crippen molar-refractivity contribution in [2.24, 2.45) is 5.73 Å². The van der Waals surface area contributed by atoms with Gasteiger partial charge in [0.25, 0.3) is 5.91 Å². The lowest BCUT2D eigenvalue weighted by Crippen LogP contribution is -2.31. The molecule has 0 fully saturated rings. The predicted molar refractivity (Wildman–Crippen MR) is 67.4 cm³/mol. The number of amides is 1. The van der Waals surface area contributed by atoms with Crippen LogP contribution in [-0.4, -0.2) is 30.4 Å². The van der Waals surface area contributed by atoms with Crippen molar-refractivity contribution in [2.45, 2.75) is 0 Å². The molecule has 0 spiro atoms. The van der Waals surface area contributed by atoms with Crippen LogP contribution in [0.5, 0.6) is 0 Å². The molecule has 0 saturated heterocycles. The van der Waals surface area contributed by atoms with Gasteiger partial charge in [0.15, 0.2) is 0 Å². The third-order valence-corrected chi connectivity index (χ3v) is 2.90. The fraction of sp³-hybridized carbons (Fsp3) is 0.250. The van der Waals surface area contributed by atoms with Crippen molar-refractivity contribution >= 4 is 17.2 Å². The minimum Gasteiger partial charge on any atom is -0.320 e. The molecule has 0 aliphatic heterocycles. The van der Waals surface area contributed by atoms with Crippen LogP contribution in [0.4, 0.5) is 0 Å². The van der Waals surface area contributed by atoms with Crippen LogP contribution in [0.1, 0.15) is 15.2 Å². The first kappa shape index (κ1) is 13.7. The summed E-state index contributed by atoms with van der Waals surface area (Å²) in [6, 6.07) is 5.44. The van der Waals surface area contributed by atoms with E-state index in [-0.39, 0.29) is 25.5 Å². The van der Waals surface area contributed by atoms with Gasteiger partial charge >= 0.3 is 0 Å². The highest BCUT2D eigenvalue weighted by Gasteiger charge is 2.19. The summed E-state index contributed by atoms with van der Waals surface area (Å²) in [5.41, 5.74) is 5.85. The van der Waals surface area contributed by atoms with Crippen LogP contribution in [-0.2, 0) is 0 Å². The maximum atomic E-state index is 12.1. The Balaban J connectivity index is 2.99. The number of nitrogens with zero attached hydrogens (tertiary/aromatic N) is 3. The lowest BCUT2D eigenvalue weighted by molar-refractivity contribution is 0.0799. The first-order valence-electron chi connectivity index (χ1n) is 5.04. The Labute approximate surface area is 109 Å². The molecule has 0 aliphatic rings. The molecule has 0 atom stereocenters. The zero-order chi connectivity index (χ0) is 13.4. The highest BCUT2D eigenvalue weighted by Crippen LogP contribution is 2.18. The highest BCUT2D eigenvalue weighted by atomic mass is 32.1. The summed E-state index contributed by atoms with van der Waals surface area (Å²) in [4.78, 5) is 13.7. The monoisotopic (exact) mass is 258 g/mol. The van der Waals surface area contributed by atoms with E-state index >= 15 is 0 Å². The van der Waals surface area contributed by atoms with Gasteiger partial charge in [-0.2, -0.15) is 10.5 Å². The number of nitrogens with two attached hydrogens (primary N) is 1. The second kappa shape index (κ2) is 7.09. The highest BCUT2D eigenvalue weighted by molar-refractivity contribution is 7.12. The summed E-state index contributed by atoms with van der Waals surface area (Å²) in [5.74, 6) is 5.12. The Hall–Kier alpha value is -2.33. The summed E-state index contributed by atoms with van der Waals surface area (Å²) >= 11 is 1.23. The SMILES string of the molecule is N#CCN(CC#N)C(=O)c1sccc1C#CCN. The number of carbonyl (C=O) groups excluding carboxylic acids is 1. The average Bonchev–Trinajstić information content (AvgIpc) is 2.83. The van der Waals surface area contributed by atoms with Crippen molar-refractivity contribution < 1.29 is 4.79 Å². The molecule has 0 saturated carbocycles. The van der Waals surface area contributed by atoms with Gasteiger partial charge in [-0.1, -0.05) is 11.8 Å². The molecular weight excluding hydrogens is 248 g/mol. The van der Waals surface area contributed by atoms with Gasteiger partial charge in [0.1, 0.15) is 18.0 Å². The molecule has 1 heterocycles. The molecule has 0 unspecified atom stereocenters. The zero-order valence-corrected chi connectivity index (χ0v) is 10.3. The quantitative estimate of drug-likeness (QED) is 0.632. The summed E-state index contributed by atoms with van der Waals surface area (Å²) in [6.07, 6.45) is 0. The number of hydrogen-bond acceptors (Lipinski definition) is 5. The molecule has 0 aliphatic carbocycles. The Morgan fingerprint density at radius 2 is 2.06 bits per heavy atom. The zero-order valence-electron chi connectivity index (χ0n) is 9.51. The van der Waals surface area contributed by atoms with Crippen molar-refractivity contribution in [3.8, 4) is 24.0 Å². The first-order chi connectivity index (χ1) is 8.74. The van der Waals surface area contributed by atoms with Gasteiger partial charge in [0, 0.05) is 5.56 Å². The lowest BCUT2D eigenvalue weighted by atomic mass is 10.2. The average molecular weight is 258 g/mol. The van der Waals surface area contributed by atoms with Gasteiger partial charge in [-0.3, -0.25) is 4.79 Å². The molecular formula is C12H10N4OS. The topological polar surface area (TPSA) is 93.9 Å². The van der Waals surface area contributed by atoms with Gasteiger partial charge < -0.3 is 10.6 Å². The molecule has 1 aromatic rings. The van der Waals surface area contributed by atoms with Gasteiger partial charge in [-0.05, 0) is 11.4 Å². The van der Waals surface area contributed by atoms with Crippen molar-refractivity contribution in [2.75, 3.05) is 19.6 Å². The van der Waals surface area contributed by atoms with E-state index in [1.165, 1.54) is 16.2 Å². The fourth-order valence-electron chi connectivity index (χ4n) is 1.23. The number of nitriles is 2. The molecule has 1 amide bonds. The minimum absolute atomic E-state index is 0.117. The minimum atomic E-state index is -0.352. The molecule has 18 heavy (non-hydrogen) atoms. The van der Waals surface area contributed by atoms with E-state index in [4.69, 9.17) is 16.3 Å². The normalized spacial score (nSPS) is 8.61. The third-order valence-electron chi connectivity index (χ3n) is 1.99. The Kier molecular flexibility index (Phi) is 5.41. The summed E-state index contributed by atoms with van der Waals surface area (Å²) in [5, 5.41) is 19.0. The fourth-order valence-corrected chi connectivity index (χ4v) is 2.05. The van der Waals surface area contributed by atoms with E-state index in [1.54, 1.807) is 11.4 Å². The van der Waals surface area contributed by atoms with Crippen molar-refractivity contribution in [1.29, 1.82) is 10.5 Å². The second-order valence-electron chi connectivity index (χ2n) is 3.15. The molecule has 0 radical (unpaired) electrons. The van der Waals surface area contributed by atoms with Crippen LogP contribution < -0.4 is 5.73 Å². The van der Waals surface area contributed by atoms with Gasteiger partial charge in [0.2, 0.25) is 0 Å². The van der Waals surface area contributed by atoms with E-state index in [0.717, 1.165) is 0 Å². The number of rotatable bonds is 3. The Morgan fingerprint density at radius 3 is 2.61 bits per heavy atom. The van der Waals surface area contributed by atoms with E-state index in [9.17, 15) is 4.79 Å². The smallest absolute Gasteiger partial charge is 0.266 e. The lowest BCUT2D eigenvalue weighted by Gasteiger charge is -2.14. The van der Waals surface area contributed by atoms with Crippen LogP contribution >= 0.6 is 11.3 Å². The standard InChI is InChI=1S/C12H10N4OS/c13-4-1-2-10-3-9-18-11(10)12(17)16(7-5-14)8-6-15/h3,9H,4,7-8,13H2. The maximum Gasteiger partial charge on any atom is 0.266 e. The van der Waals surface area contributed by atoms with Crippen molar-refractivity contribution in [3.05, 3.63) is 21.9 Å². The molecule has 1 aromatic heterocycles. The van der Waals surface area contributed by atoms with Crippen LogP contribution in [0.2, 0.25) is 0 Å². The Morgan fingerprint density at radius 1 is 1.39 bits per heavy atom. The molecule has 0 aromatic carbocycles. The Bertz CT molecular complexity index is 551. The summed E-state index contributed by atoms with van der Waals surface area (Å²) in [7, 11) is 0. The summed E-state index contributed by atoms with van der Waals surface area (Å²) in [6.45, 7) is -0.0221. The van der Waals surface area contributed by atoms with Crippen LogP contribution in [0.3, 0.4) is 0 Å². The van der Waals surface area contributed by atoms with E-state index in [2.05, 4.69) is 11.8 Å². The largest absolute Gasteiger partial charge is 0.320 e. The van der Waals surface area contributed by atoms with Crippen LogP contribution in [0, 0.1) is 34.5 Å². The molecule has 0 bridgehead atoms. The molecule has 5 nitrogen and oxygen atoms in total. The molecule has 6 heteroatoms. The van der Waals surface area contributed by atoms with Crippen molar-refractivity contribution in [3.63, 3.8) is 0 Å². The second-order valence-corrected chi connectivity index (χ2v) is 4.06. The van der Waals surface area contributed by atoms with E-state index in [1.807, 2.05) is 12.1 Å². The number of hydrogen-bond donors (Lipinski definition) is 1. The van der Waals surface area contributed by atoms with Crippen LogP contribution in [0.15, 0.2) is 11.4 Å². The van der Waals surface area contributed by atoms with Gasteiger partial charge in [-0.15, -0.1) is 11.3 Å². The van der Waals surface area contributed by atoms with E-state index < -0.39 is 0 Å². The predicted octanol–water partition coefficient (Wildman–Crippen LogP) is 0.548. The van der Waals surface area contributed by atoms with Crippen LogP contribution in [0.25, 0.3) is 0 Å². The number of thiophene rings is 1. The first-order valence-corrected chi connectivity index (χ1v) is 5.92. The molecule has 2 N–H and O–H groups in total. The van der Waals surface area contributed by atoms with E-state index in [0.29, 0.717) is 10.4 Å². The van der Waals surface area contributed by atoms with Gasteiger partial charge in [0.05, 0.1) is 18.7 Å².